The zero-order chi connectivity index (χ0) is 17.8. The lowest BCUT2D eigenvalue weighted by atomic mass is 9.80. The predicted molar refractivity (Wildman–Crippen MR) is 86.3 cm³/mol. The van der Waals surface area contributed by atoms with Crippen LogP contribution in [0.25, 0.3) is 5.65 Å². The van der Waals surface area contributed by atoms with E-state index in [9.17, 15) is 18.0 Å². The maximum Gasteiger partial charge on any atom is 0.397 e. The fourth-order valence-corrected chi connectivity index (χ4v) is 4.22. The molecule has 2 fully saturated rings. The van der Waals surface area contributed by atoms with Crippen LogP contribution >= 0.6 is 0 Å². The van der Waals surface area contributed by atoms with Crippen LogP contribution in [0, 0.1) is 18.3 Å². The molecule has 0 spiro atoms. The van der Waals surface area contributed by atoms with Gasteiger partial charge in [0.2, 0.25) is 0 Å². The fourth-order valence-electron chi connectivity index (χ4n) is 4.22. The van der Waals surface area contributed by atoms with Gasteiger partial charge < -0.3 is 5.32 Å². The predicted octanol–water partition coefficient (Wildman–Crippen LogP) is 1.59. The summed E-state index contributed by atoms with van der Waals surface area (Å²) < 4.78 is 42.3. The molecule has 0 aromatic carbocycles. The number of nitrogens with one attached hydrogen (secondary N) is 1. The zero-order valence-electron chi connectivity index (χ0n) is 13.8. The second-order valence-corrected chi connectivity index (χ2v) is 7.10. The molecular weight excluding hydrogens is 333 g/mol. The summed E-state index contributed by atoms with van der Waals surface area (Å²) in [7, 11) is 0. The summed E-state index contributed by atoms with van der Waals surface area (Å²) >= 11 is 0. The number of halogens is 3. The highest BCUT2D eigenvalue weighted by Gasteiger charge is 2.64. The number of aryl methyl sites for hydroxylation is 1. The minimum Gasteiger partial charge on any atom is -0.315 e. The van der Waals surface area contributed by atoms with Crippen LogP contribution in [-0.2, 0) is 6.54 Å². The van der Waals surface area contributed by atoms with Gasteiger partial charge in [-0.15, -0.1) is 0 Å². The third kappa shape index (κ3) is 2.55. The van der Waals surface area contributed by atoms with Crippen molar-refractivity contribution in [3.8, 4) is 0 Å². The minimum absolute atomic E-state index is 0.0370. The molecule has 0 aliphatic carbocycles. The molecule has 0 radical (unpaired) electrons. The third-order valence-corrected chi connectivity index (χ3v) is 5.48. The van der Waals surface area contributed by atoms with Gasteiger partial charge in [0.25, 0.3) is 5.56 Å². The molecule has 0 unspecified atom stereocenters. The number of alkyl halides is 3. The SMILES string of the molecule is Cc1cccc2nc(CN3C[C@@H]4CNC[C@]4(C(F)(F)F)C3)cc(=O)n12. The van der Waals surface area contributed by atoms with E-state index in [4.69, 9.17) is 0 Å². The molecular formula is C17H19F3N4O. The molecule has 5 nitrogen and oxygen atoms in total. The standard InChI is InChI=1S/C17H19F3N4O/c1-11-3-2-4-14-22-13(5-15(25)24(11)14)8-23-7-12-6-21-9-16(12,10-23)17(18,19)20/h2-5,12,21H,6-10H2,1H3/t12-,16-/m0/s1. The number of fused-ring (bicyclic) bond motifs is 2. The molecule has 4 rings (SSSR count). The van der Waals surface area contributed by atoms with Gasteiger partial charge in [-0.1, -0.05) is 6.07 Å². The first-order valence-corrected chi connectivity index (χ1v) is 8.28. The van der Waals surface area contributed by atoms with Crippen LogP contribution in [0.3, 0.4) is 0 Å². The summed E-state index contributed by atoms with van der Waals surface area (Å²) in [6, 6.07) is 6.79. The number of hydrogen-bond acceptors (Lipinski definition) is 4. The molecule has 0 saturated carbocycles. The topological polar surface area (TPSA) is 49.6 Å². The monoisotopic (exact) mass is 352 g/mol. The maximum atomic E-state index is 13.6. The highest BCUT2D eigenvalue weighted by molar-refractivity contribution is 5.40. The van der Waals surface area contributed by atoms with Crippen molar-refractivity contribution in [1.82, 2.24) is 19.6 Å². The second-order valence-electron chi connectivity index (χ2n) is 7.10. The first-order chi connectivity index (χ1) is 11.8. The first-order valence-electron chi connectivity index (χ1n) is 8.28. The van der Waals surface area contributed by atoms with Crippen LogP contribution in [-0.4, -0.2) is 46.6 Å². The van der Waals surface area contributed by atoms with Crippen molar-refractivity contribution >= 4 is 5.65 Å². The molecule has 134 valence electrons. The number of pyridine rings is 1. The number of rotatable bonds is 2. The van der Waals surface area contributed by atoms with E-state index >= 15 is 0 Å². The van der Waals surface area contributed by atoms with Crippen LogP contribution in [0.4, 0.5) is 13.2 Å². The van der Waals surface area contributed by atoms with E-state index in [2.05, 4.69) is 10.3 Å². The highest BCUT2D eigenvalue weighted by atomic mass is 19.4. The van der Waals surface area contributed by atoms with Gasteiger partial charge in [0.1, 0.15) is 5.65 Å². The second kappa shape index (κ2) is 5.54. The van der Waals surface area contributed by atoms with Gasteiger partial charge in [0.15, 0.2) is 0 Å². The van der Waals surface area contributed by atoms with Crippen LogP contribution < -0.4 is 10.9 Å². The molecule has 2 atom stereocenters. The summed E-state index contributed by atoms with van der Waals surface area (Å²) in [6.45, 7) is 2.73. The zero-order valence-corrected chi connectivity index (χ0v) is 13.8. The molecule has 0 amide bonds. The Morgan fingerprint density at radius 1 is 1.40 bits per heavy atom. The lowest BCUT2D eigenvalue weighted by molar-refractivity contribution is -0.221. The van der Waals surface area contributed by atoms with Crippen molar-refractivity contribution in [2.45, 2.75) is 19.6 Å². The third-order valence-electron chi connectivity index (χ3n) is 5.48. The van der Waals surface area contributed by atoms with Gasteiger partial charge in [0.05, 0.1) is 11.1 Å². The lowest BCUT2D eigenvalue weighted by Gasteiger charge is -2.30. The van der Waals surface area contributed by atoms with Crippen molar-refractivity contribution in [3.05, 3.63) is 46.0 Å². The Hall–Kier alpha value is -1.93. The Morgan fingerprint density at radius 3 is 2.92 bits per heavy atom. The smallest absolute Gasteiger partial charge is 0.315 e. The van der Waals surface area contributed by atoms with E-state index in [1.807, 2.05) is 19.1 Å². The Labute approximate surface area is 142 Å². The summed E-state index contributed by atoms with van der Waals surface area (Å²) in [5.74, 6) is -0.448. The van der Waals surface area contributed by atoms with E-state index in [1.54, 1.807) is 11.0 Å². The number of hydrogen-bond donors (Lipinski definition) is 1. The molecule has 8 heteroatoms. The maximum absolute atomic E-state index is 13.6. The van der Waals surface area contributed by atoms with E-state index < -0.39 is 17.5 Å². The minimum atomic E-state index is -4.23. The molecule has 0 bridgehead atoms. The lowest BCUT2D eigenvalue weighted by Crippen LogP contribution is -2.45. The molecule has 2 aromatic rings. The van der Waals surface area contributed by atoms with Crippen LogP contribution in [0.15, 0.2) is 29.1 Å². The van der Waals surface area contributed by atoms with E-state index in [0.29, 0.717) is 24.4 Å². The van der Waals surface area contributed by atoms with Crippen LogP contribution in [0.1, 0.15) is 11.4 Å². The van der Waals surface area contributed by atoms with Gasteiger partial charge in [-0.05, 0) is 19.1 Å². The Balaban J connectivity index is 1.62. The Morgan fingerprint density at radius 2 is 2.20 bits per heavy atom. The largest absolute Gasteiger partial charge is 0.397 e. The first kappa shape index (κ1) is 16.5. The molecule has 2 aromatic heterocycles. The number of nitrogens with zero attached hydrogens (tertiary/aromatic N) is 3. The number of likely N-dealkylation sites (tertiary alicyclic amines) is 1. The quantitative estimate of drug-likeness (QED) is 0.892. The Kier molecular flexibility index (Phi) is 3.66. The number of aromatic nitrogens is 2. The highest BCUT2D eigenvalue weighted by Crippen LogP contribution is 2.50. The van der Waals surface area contributed by atoms with Crippen LogP contribution in [0.5, 0.6) is 0 Å². The molecule has 1 N–H and O–H groups in total. The molecule has 4 heterocycles. The average molecular weight is 352 g/mol. The average Bonchev–Trinajstić information content (AvgIpc) is 3.04. The van der Waals surface area contributed by atoms with Gasteiger partial charge in [-0.2, -0.15) is 13.2 Å². The molecule has 2 aliphatic heterocycles. The van der Waals surface area contributed by atoms with Crippen molar-refractivity contribution in [3.63, 3.8) is 0 Å². The Bertz CT molecular complexity index is 878. The van der Waals surface area contributed by atoms with Gasteiger partial charge in [-0.25, -0.2) is 4.98 Å². The fraction of sp³-hybridized carbons (Fsp3) is 0.529. The summed E-state index contributed by atoms with van der Waals surface area (Å²) in [4.78, 5) is 18.6. The van der Waals surface area contributed by atoms with Gasteiger partial charge in [-0.3, -0.25) is 14.1 Å². The molecule has 25 heavy (non-hydrogen) atoms. The summed E-state index contributed by atoms with van der Waals surface area (Å²) in [5, 5.41) is 2.88. The molecule has 2 aliphatic rings. The molecule has 2 saturated heterocycles. The van der Waals surface area contributed by atoms with Crippen molar-refractivity contribution < 1.29 is 13.2 Å². The summed E-state index contributed by atoms with van der Waals surface area (Å²) in [5.41, 5.74) is -0.0749. The van der Waals surface area contributed by atoms with E-state index in [0.717, 1.165) is 5.69 Å². The van der Waals surface area contributed by atoms with Crippen molar-refractivity contribution in [1.29, 1.82) is 0 Å². The van der Waals surface area contributed by atoms with Crippen LogP contribution in [0.2, 0.25) is 0 Å². The van der Waals surface area contributed by atoms with Gasteiger partial charge in [0, 0.05) is 50.4 Å². The van der Waals surface area contributed by atoms with Crippen molar-refractivity contribution in [2.75, 3.05) is 26.2 Å². The van der Waals surface area contributed by atoms with Gasteiger partial charge >= 0.3 is 6.18 Å². The van der Waals surface area contributed by atoms with E-state index in [1.165, 1.54) is 10.5 Å². The normalized spacial score (nSPS) is 27.1. The summed E-state index contributed by atoms with van der Waals surface area (Å²) in [6.07, 6.45) is -4.23. The van der Waals surface area contributed by atoms with Crippen molar-refractivity contribution in [2.24, 2.45) is 11.3 Å². The van der Waals surface area contributed by atoms with E-state index in [-0.39, 0.29) is 25.2 Å².